The third-order valence-electron chi connectivity index (χ3n) is 4.30. The molecule has 0 saturated heterocycles. The summed E-state index contributed by atoms with van der Waals surface area (Å²) >= 11 is 0. The molecule has 0 aromatic carbocycles. The summed E-state index contributed by atoms with van der Waals surface area (Å²) in [5.41, 5.74) is 0.235. The van der Waals surface area contributed by atoms with Crippen LogP contribution >= 0.6 is 0 Å². The lowest BCUT2D eigenvalue weighted by Gasteiger charge is -2.24. The van der Waals surface area contributed by atoms with Gasteiger partial charge in [-0.3, -0.25) is 9.59 Å². The third kappa shape index (κ3) is 3.52. The summed E-state index contributed by atoms with van der Waals surface area (Å²) in [4.78, 5) is 24.5. The van der Waals surface area contributed by atoms with Crippen molar-refractivity contribution in [1.82, 2.24) is 15.1 Å². The predicted octanol–water partition coefficient (Wildman–Crippen LogP) is 2.51. The third-order valence-corrected chi connectivity index (χ3v) is 4.30. The van der Waals surface area contributed by atoms with Crippen molar-refractivity contribution in [3.05, 3.63) is 40.9 Å². The molecule has 1 fully saturated rings. The van der Waals surface area contributed by atoms with E-state index in [1.165, 1.54) is 17.2 Å². The van der Waals surface area contributed by atoms with E-state index in [0.29, 0.717) is 11.5 Å². The second kappa shape index (κ2) is 6.81. The van der Waals surface area contributed by atoms with Gasteiger partial charge in [0.2, 0.25) is 5.91 Å². The average molecular weight is 315 g/mol. The van der Waals surface area contributed by atoms with Crippen LogP contribution in [0.3, 0.4) is 0 Å². The van der Waals surface area contributed by atoms with Crippen LogP contribution in [0.2, 0.25) is 0 Å². The fraction of sp³-hybridized carbons (Fsp3) is 0.471. The Bertz CT molecular complexity index is 715. The Kier molecular flexibility index (Phi) is 4.60. The van der Waals surface area contributed by atoms with Gasteiger partial charge in [0.05, 0.1) is 6.26 Å². The van der Waals surface area contributed by atoms with Crippen LogP contribution in [0.5, 0.6) is 0 Å². The van der Waals surface area contributed by atoms with Crippen molar-refractivity contribution >= 4 is 5.91 Å². The van der Waals surface area contributed by atoms with E-state index in [4.69, 9.17) is 4.42 Å². The zero-order chi connectivity index (χ0) is 16.2. The van der Waals surface area contributed by atoms with Crippen LogP contribution < -0.4 is 10.9 Å². The number of nitrogens with zero attached hydrogens (tertiary/aromatic N) is 2. The van der Waals surface area contributed by atoms with E-state index in [9.17, 15) is 9.59 Å². The van der Waals surface area contributed by atoms with Crippen LogP contribution in [-0.2, 0) is 4.79 Å². The van der Waals surface area contributed by atoms with E-state index < -0.39 is 6.04 Å². The van der Waals surface area contributed by atoms with Gasteiger partial charge in [-0.05, 0) is 38.0 Å². The average Bonchev–Trinajstić information content (AvgIpc) is 3.10. The Labute approximate surface area is 134 Å². The maximum Gasteiger partial charge on any atom is 0.267 e. The van der Waals surface area contributed by atoms with Crippen molar-refractivity contribution in [3.8, 4) is 11.5 Å². The first-order chi connectivity index (χ1) is 11.1. The molecule has 1 amide bonds. The number of aromatic nitrogens is 2. The lowest BCUT2D eigenvalue weighted by atomic mass is 9.95. The molecule has 3 rings (SSSR count). The minimum atomic E-state index is -0.653. The molecule has 122 valence electrons. The quantitative estimate of drug-likeness (QED) is 0.940. The molecule has 0 radical (unpaired) electrons. The van der Waals surface area contributed by atoms with Crippen LogP contribution in [0.15, 0.2) is 39.7 Å². The summed E-state index contributed by atoms with van der Waals surface area (Å²) in [5.74, 6) is 0.404. The normalized spacial score (nSPS) is 16.9. The molecule has 1 unspecified atom stereocenters. The molecule has 2 aromatic rings. The number of rotatable bonds is 4. The van der Waals surface area contributed by atoms with Gasteiger partial charge in [-0.2, -0.15) is 5.10 Å². The maximum atomic E-state index is 12.4. The van der Waals surface area contributed by atoms with Crippen molar-refractivity contribution in [3.63, 3.8) is 0 Å². The number of nitrogens with one attached hydrogen (secondary N) is 1. The molecule has 6 nitrogen and oxygen atoms in total. The van der Waals surface area contributed by atoms with Crippen molar-refractivity contribution in [2.75, 3.05) is 0 Å². The van der Waals surface area contributed by atoms with Gasteiger partial charge in [0.15, 0.2) is 5.76 Å². The number of hydrogen-bond acceptors (Lipinski definition) is 4. The van der Waals surface area contributed by atoms with Crippen molar-refractivity contribution in [2.24, 2.45) is 0 Å². The molecule has 0 spiro atoms. The molecular formula is C17H21N3O3. The Morgan fingerprint density at radius 1 is 1.30 bits per heavy atom. The Morgan fingerprint density at radius 2 is 2.09 bits per heavy atom. The summed E-state index contributed by atoms with van der Waals surface area (Å²) in [7, 11) is 0. The molecule has 0 bridgehead atoms. The minimum Gasteiger partial charge on any atom is -0.463 e. The van der Waals surface area contributed by atoms with Crippen LogP contribution in [0.1, 0.15) is 45.1 Å². The summed E-state index contributed by atoms with van der Waals surface area (Å²) in [5, 5.41) is 7.31. The van der Waals surface area contributed by atoms with E-state index in [0.717, 1.165) is 25.7 Å². The summed E-state index contributed by atoms with van der Waals surface area (Å²) in [6.07, 6.45) is 7.08. The highest BCUT2D eigenvalue weighted by Crippen LogP contribution is 2.19. The van der Waals surface area contributed by atoms with Gasteiger partial charge in [0.1, 0.15) is 11.7 Å². The van der Waals surface area contributed by atoms with Gasteiger partial charge >= 0.3 is 0 Å². The lowest BCUT2D eigenvalue weighted by molar-refractivity contribution is -0.125. The first-order valence-corrected chi connectivity index (χ1v) is 8.09. The van der Waals surface area contributed by atoms with Gasteiger partial charge in [0, 0.05) is 12.1 Å². The minimum absolute atomic E-state index is 0.164. The summed E-state index contributed by atoms with van der Waals surface area (Å²) in [6.45, 7) is 1.69. The van der Waals surface area contributed by atoms with Crippen LogP contribution in [0.4, 0.5) is 0 Å². The Balaban J connectivity index is 1.78. The van der Waals surface area contributed by atoms with E-state index in [1.807, 2.05) is 0 Å². The molecule has 2 heterocycles. The fourth-order valence-electron chi connectivity index (χ4n) is 2.94. The number of furan rings is 1. The Morgan fingerprint density at radius 3 is 2.78 bits per heavy atom. The van der Waals surface area contributed by atoms with E-state index in [1.54, 1.807) is 31.4 Å². The highest BCUT2D eigenvalue weighted by molar-refractivity contribution is 5.80. The Hall–Kier alpha value is -2.37. The standard InChI is InChI=1S/C17H21N3O3/c1-12(17(22)18-13-6-3-2-4-7-13)20-16(21)10-9-14(19-20)15-8-5-11-23-15/h5,8-13H,2-4,6-7H2,1H3,(H,18,22). The summed E-state index contributed by atoms with van der Waals surface area (Å²) in [6, 6.07) is 6.09. The lowest BCUT2D eigenvalue weighted by Crippen LogP contribution is -2.42. The van der Waals surface area contributed by atoms with Gasteiger partial charge in [-0.1, -0.05) is 19.3 Å². The first-order valence-electron chi connectivity index (χ1n) is 8.09. The zero-order valence-corrected chi connectivity index (χ0v) is 13.2. The maximum absolute atomic E-state index is 12.4. The smallest absolute Gasteiger partial charge is 0.267 e. The largest absolute Gasteiger partial charge is 0.463 e. The summed E-state index contributed by atoms with van der Waals surface area (Å²) < 4.78 is 6.52. The SMILES string of the molecule is CC(C(=O)NC1CCCCC1)n1nc(-c2ccco2)ccc1=O. The topological polar surface area (TPSA) is 77.1 Å². The van der Waals surface area contributed by atoms with Crippen LogP contribution in [0.25, 0.3) is 11.5 Å². The molecule has 1 N–H and O–H groups in total. The number of carbonyl (C=O) groups is 1. The highest BCUT2D eigenvalue weighted by Gasteiger charge is 2.22. The van der Waals surface area contributed by atoms with Gasteiger partial charge in [-0.25, -0.2) is 4.68 Å². The van der Waals surface area contributed by atoms with Crippen molar-refractivity contribution in [2.45, 2.75) is 51.1 Å². The van der Waals surface area contributed by atoms with Crippen LogP contribution in [-0.4, -0.2) is 21.7 Å². The molecule has 1 atom stereocenters. The first kappa shape index (κ1) is 15.5. The number of amides is 1. The predicted molar refractivity (Wildman–Crippen MR) is 85.9 cm³/mol. The molecule has 2 aromatic heterocycles. The van der Waals surface area contributed by atoms with Crippen molar-refractivity contribution < 1.29 is 9.21 Å². The number of hydrogen-bond donors (Lipinski definition) is 1. The zero-order valence-electron chi connectivity index (χ0n) is 13.2. The monoisotopic (exact) mass is 315 g/mol. The van der Waals surface area contributed by atoms with Crippen LogP contribution in [0, 0.1) is 0 Å². The highest BCUT2D eigenvalue weighted by atomic mass is 16.3. The van der Waals surface area contributed by atoms with E-state index >= 15 is 0 Å². The molecule has 23 heavy (non-hydrogen) atoms. The molecule has 1 aliphatic rings. The molecule has 1 aliphatic carbocycles. The van der Waals surface area contributed by atoms with Gasteiger partial charge < -0.3 is 9.73 Å². The van der Waals surface area contributed by atoms with E-state index in [2.05, 4.69) is 10.4 Å². The molecule has 1 saturated carbocycles. The van der Waals surface area contributed by atoms with E-state index in [-0.39, 0.29) is 17.5 Å². The van der Waals surface area contributed by atoms with Crippen molar-refractivity contribution in [1.29, 1.82) is 0 Å². The fourth-order valence-corrected chi connectivity index (χ4v) is 2.94. The van der Waals surface area contributed by atoms with Gasteiger partial charge in [-0.15, -0.1) is 0 Å². The second-order valence-electron chi connectivity index (χ2n) is 6.00. The second-order valence-corrected chi connectivity index (χ2v) is 6.00. The molecule has 0 aliphatic heterocycles. The van der Waals surface area contributed by atoms with Gasteiger partial charge in [0.25, 0.3) is 5.56 Å². The molecular weight excluding hydrogens is 294 g/mol. The molecule has 6 heteroatoms. The number of carbonyl (C=O) groups excluding carboxylic acids is 1.